The fourth-order valence-electron chi connectivity index (χ4n) is 3.60. The van der Waals surface area contributed by atoms with Crippen LogP contribution >= 0.6 is 23.1 Å². The van der Waals surface area contributed by atoms with Crippen LogP contribution in [0.1, 0.15) is 33.3 Å². The normalized spacial score (nSPS) is 11.1. The maximum atomic E-state index is 14.2. The van der Waals surface area contributed by atoms with Crippen molar-refractivity contribution in [3.05, 3.63) is 86.3 Å². The Hall–Kier alpha value is -3.17. The molecule has 0 aliphatic rings. The van der Waals surface area contributed by atoms with Gasteiger partial charge in [0.15, 0.2) is 5.16 Å². The maximum absolute atomic E-state index is 14.2. The van der Waals surface area contributed by atoms with Gasteiger partial charge in [-0.2, -0.15) is 0 Å². The largest absolute Gasteiger partial charge is 0.496 e. The monoisotopic (exact) mass is 498 g/mol. The lowest BCUT2D eigenvalue weighted by Crippen LogP contribution is -2.24. The Kier molecular flexibility index (Phi) is 7.33. The van der Waals surface area contributed by atoms with Crippen molar-refractivity contribution in [2.75, 3.05) is 13.7 Å². The van der Waals surface area contributed by atoms with E-state index in [9.17, 15) is 14.0 Å². The number of halogens is 1. The summed E-state index contributed by atoms with van der Waals surface area (Å²) in [6.07, 6.45) is 0. The lowest BCUT2D eigenvalue weighted by Gasteiger charge is -2.14. The minimum absolute atomic E-state index is 0.218. The molecule has 0 bridgehead atoms. The molecule has 0 atom stereocenters. The average molecular weight is 499 g/mol. The summed E-state index contributed by atoms with van der Waals surface area (Å²) in [5.74, 6) is 0.158. The van der Waals surface area contributed by atoms with E-state index in [0.29, 0.717) is 42.9 Å². The van der Waals surface area contributed by atoms with E-state index < -0.39 is 5.97 Å². The van der Waals surface area contributed by atoms with Gasteiger partial charge in [0, 0.05) is 11.3 Å². The van der Waals surface area contributed by atoms with Crippen molar-refractivity contribution >= 4 is 39.3 Å². The molecule has 0 N–H and O–H groups in total. The molecule has 0 unspecified atom stereocenters. The smallest absolute Gasteiger partial charge is 0.348 e. The van der Waals surface area contributed by atoms with Gasteiger partial charge in [0.2, 0.25) is 0 Å². The van der Waals surface area contributed by atoms with Crippen LogP contribution in [0.2, 0.25) is 0 Å². The first kappa shape index (κ1) is 24.0. The van der Waals surface area contributed by atoms with Crippen LogP contribution in [0.4, 0.5) is 4.39 Å². The van der Waals surface area contributed by atoms with Gasteiger partial charge < -0.3 is 9.47 Å². The van der Waals surface area contributed by atoms with E-state index >= 15 is 0 Å². The topological polar surface area (TPSA) is 70.4 Å². The highest BCUT2D eigenvalue weighted by Gasteiger charge is 2.23. The van der Waals surface area contributed by atoms with Gasteiger partial charge in [0.25, 0.3) is 5.56 Å². The highest BCUT2D eigenvalue weighted by molar-refractivity contribution is 7.98. The number of carbonyl (C=O) groups excluding carboxylic acids is 1. The molecule has 0 radical (unpaired) electrons. The van der Waals surface area contributed by atoms with Crippen molar-refractivity contribution in [1.29, 1.82) is 0 Å². The number of fused-ring (bicyclic) bond motifs is 1. The predicted octanol–water partition coefficient (Wildman–Crippen LogP) is 5.43. The third-order valence-electron chi connectivity index (χ3n) is 5.31. The molecular weight excluding hydrogens is 475 g/mol. The van der Waals surface area contributed by atoms with Crippen LogP contribution < -0.4 is 10.3 Å². The lowest BCUT2D eigenvalue weighted by atomic mass is 10.2. The van der Waals surface area contributed by atoms with Crippen molar-refractivity contribution in [3.8, 4) is 5.75 Å². The van der Waals surface area contributed by atoms with E-state index in [1.165, 1.54) is 17.8 Å². The molecule has 4 aromatic rings. The second-order valence-corrected chi connectivity index (χ2v) is 9.38. The molecule has 176 valence electrons. The number of aromatic nitrogens is 2. The van der Waals surface area contributed by atoms with Crippen molar-refractivity contribution in [2.45, 2.75) is 31.3 Å². The van der Waals surface area contributed by atoms with Gasteiger partial charge in [-0.3, -0.25) is 9.36 Å². The fourth-order valence-corrected chi connectivity index (χ4v) is 5.70. The lowest BCUT2D eigenvalue weighted by molar-refractivity contribution is 0.0531. The Labute approximate surface area is 204 Å². The average Bonchev–Trinajstić information content (AvgIpc) is 3.17. The second-order valence-electron chi connectivity index (χ2n) is 7.43. The number of thioether (sulfide) groups is 1. The summed E-state index contributed by atoms with van der Waals surface area (Å²) in [6, 6.07) is 14.0. The molecule has 2 aromatic heterocycles. The summed E-state index contributed by atoms with van der Waals surface area (Å²) >= 11 is 2.41. The van der Waals surface area contributed by atoms with Crippen LogP contribution in [0, 0.1) is 12.7 Å². The molecule has 34 heavy (non-hydrogen) atoms. The summed E-state index contributed by atoms with van der Waals surface area (Å²) in [5.41, 5.74) is 1.60. The summed E-state index contributed by atoms with van der Waals surface area (Å²) < 4.78 is 26.4. The van der Waals surface area contributed by atoms with Gasteiger partial charge in [-0.05, 0) is 37.1 Å². The maximum Gasteiger partial charge on any atom is 0.348 e. The number of ether oxygens (including phenoxy) is 2. The quantitative estimate of drug-likeness (QED) is 0.183. The number of esters is 1. The van der Waals surface area contributed by atoms with Gasteiger partial charge in [-0.15, -0.1) is 11.3 Å². The SMILES string of the molecule is CCOC(=O)c1sc2nc(SCc3ccccc3F)n(Cc3ccccc3OC)c(=O)c2c1C. The third-order valence-corrected chi connectivity index (χ3v) is 7.50. The van der Waals surface area contributed by atoms with Crippen LogP contribution in [0.5, 0.6) is 5.75 Å². The molecule has 0 spiro atoms. The number of para-hydroxylation sites is 1. The number of hydrogen-bond donors (Lipinski definition) is 0. The predicted molar refractivity (Wildman–Crippen MR) is 133 cm³/mol. The number of nitrogens with zero attached hydrogens (tertiary/aromatic N) is 2. The van der Waals surface area contributed by atoms with Gasteiger partial charge in [0.05, 0.1) is 25.6 Å². The van der Waals surface area contributed by atoms with Gasteiger partial charge >= 0.3 is 5.97 Å². The Morgan fingerprint density at radius 3 is 2.56 bits per heavy atom. The molecule has 0 aliphatic heterocycles. The summed E-state index contributed by atoms with van der Waals surface area (Å²) in [7, 11) is 1.57. The van der Waals surface area contributed by atoms with E-state index in [2.05, 4.69) is 0 Å². The van der Waals surface area contributed by atoms with E-state index in [1.807, 2.05) is 24.3 Å². The van der Waals surface area contributed by atoms with Gasteiger partial charge in [0.1, 0.15) is 21.3 Å². The van der Waals surface area contributed by atoms with E-state index in [4.69, 9.17) is 14.5 Å². The summed E-state index contributed by atoms with van der Waals surface area (Å²) in [5, 5.41) is 0.821. The van der Waals surface area contributed by atoms with Crippen LogP contribution in [0.25, 0.3) is 10.2 Å². The fraction of sp³-hybridized carbons (Fsp3) is 0.240. The molecule has 0 saturated carbocycles. The zero-order chi connectivity index (χ0) is 24.2. The Balaban J connectivity index is 1.84. The van der Waals surface area contributed by atoms with Crippen molar-refractivity contribution in [1.82, 2.24) is 9.55 Å². The number of thiophene rings is 1. The minimum atomic E-state index is -0.473. The third kappa shape index (κ3) is 4.71. The molecule has 0 fully saturated rings. The summed E-state index contributed by atoms with van der Waals surface area (Å²) in [4.78, 5) is 31.7. The molecule has 4 rings (SSSR count). The minimum Gasteiger partial charge on any atom is -0.496 e. The zero-order valence-corrected chi connectivity index (χ0v) is 20.6. The molecule has 6 nitrogen and oxygen atoms in total. The number of methoxy groups -OCH3 is 1. The molecule has 2 heterocycles. The van der Waals surface area contributed by atoms with E-state index in [0.717, 1.165) is 16.9 Å². The van der Waals surface area contributed by atoms with E-state index in [-0.39, 0.29) is 24.5 Å². The Bertz CT molecular complexity index is 1410. The highest BCUT2D eigenvalue weighted by atomic mass is 32.2. The number of benzene rings is 2. The number of hydrogen-bond acceptors (Lipinski definition) is 7. The van der Waals surface area contributed by atoms with Crippen LogP contribution in [-0.4, -0.2) is 29.2 Å². The molecule has 2 aromatic carbocycles. The van der Waals surface area contributed by atoms with Gasteiger partial charge in [-0.1, -0.05) is 48.2 Å². The van der Waals surface area contributed by atoms with Gasteiger partial charge in [-0.25, -0.2) is 14.2 Å². The molecular formula is C25H23FN2O4S2. The second kappa shape index (κ2) is 10.4. The van der Waals surface area contributed by atoms with Crippen molar-refractivity contribution < 1.29 is 18.7 Å². The number of aryl methyl sites for hydroxylation is 1. The van der Waals surface area contributed by atoms with Crippen molar-refractivity contribution in [2.24, 2.45) is 0 Å². The Morgan fingerprint density at radius 1 is 1.15 bits per heavy atom. The number of carbonyl (C=O) groups is 1. The van der Waals surface area contributed by atoms with Crippen LogP contribution in [0.3, 0.4) is 0 Å². The Morgan fingerprint density at radius 2 is 1.85 bits per heavy atom. The zero-order valence-electron chi connectivity index (χ0n) is 19.0. The molecule has 0 aliphatic carbocycles. The number of rotatable bonds is 8. The molecule has 0 saturated heterocycles. The van der Waals surface area contributed by atoms with Crippen molar-refractivity contribution in [3.63, 3.8) is 0 Å². The standard InChI is InChI=1S/C25H23FN2O4S2/c1-4-32-24(30)21-15(2)20-22(34-21)27-25(33-14-17-10-5-7-11-18(17)26)28(23(20)29)13-16-9-6-8-12-19(16)31-3/h5-12H,4,13-14H2,1-3H3. The van der Waals surface area contributed by atoms with Crippen LogP contribution in [-0.2, 0) is 17.0 Å². The van der Waals surface area contributed by atoms with Crippen LogP contribution in [0.15, 0.2) is 58.5 Å². The highest BCUT2D eigenvalue weighted by Crippen LogP contribution is 2.31. The first-order valence-corrected chi connectivity index (χ1v) is 12.4. The van der Waals surface area contributed by atoms with E-state index in [1.54, 1.807) is 43.7 Å². The first-order valence-electron chi connectivity index (χ1n) is 10.6. The molecule has 0 amide bonds. The molecule has 9 heteroatoms. The summed E-state index contributed by atoms with van der Waals surface area (Å²) in [6.45, 7) is 3.92. The first-order chi connectivity index (χ1) is 16.4.